The Morgan fingerprint density at radius 2 is 2.23 bits per heavy atom. The molecule has 0 saturated heterocycles. The van der Waals surface area contributed by atoms with Crippen LogP contribution in [0.25, 0.3) is 0 Å². The Balaban J connectivity index is 3.07. The molecule has 4 heteroatoms. The molecule has 1 aromatic heterocycles. The van der Waals surface area contributed by atoms with Crippen LogP contribution in [0.5, 0.6) is 0 Å². The molecule has 0 aromatic carbocycles. The second-order valence-electron chi connectivity index (χ2n) is 3.09. The number of aliphatic hydroxyl groups is 1. The van der Waals surface area contributed by atoms with Crippen LogP contribution in [0, 0.1) is 25.2 Å². The van der Waals surface area contributed by atoms with E-state index in [-0.39, 0.29) is 6.42 Å². The van der Waals surface area contributed by atoms with E-state index in [1.165, 1.54) is 0 Å². The van der Waals surface area contributed by atoms with Crippen LogP contribution in [0.2, 0.25) is 0 Å². The lowest BCUT2D eigenvalue weighted by molar-refractivity contribution is 0.182. The van der Waals surface area contributed by atoms with E-state index in [0.717, 1.165) is 17.0 Å². The standard InChI is InChI=1S/C9H13N3O/c1-6-9(8(13)4-5-10)7(2)12(3)11-6/h8,13H,4H2,1-3H3. The van der Waals surface area contributed by atoms with E-state index in [0.29, 0.717) is 0 Å². The second-order valence-corrected chi connectivity index (χ2v) is 3.09. The molecule has 0 spiro atoms. The molecular formula is C9H13N3O. The molecule has 0 amide bonds. The predicted molar refractivity (Wildman–Crippen MR) is 47.9 cm³/mol. The Kier molecular flexibility index (Phi) is 2.69. The average molecular weight is 179 g/mol. The summed E-state index contributed by atoms with van der Waals surface area (Å²) < 4.78 is 1.71. The van der Waals surface area contributed by atoms with Gasteiger partial charge in [-0.3, -0.25) is 4.68 Å². The van der Waals surface area contributed by atoms with Crippen molar-refractivity contribution < 1.29 is 5.11 Å². The van der Waals surface area contributed by atoms with Crippen LogP contribution in [0.4, 0.5) is 0 Å². The second kappa shape index (κ2) is 3.58. The van der Waals surface area contributed by atoms with E-state index >= 15 is 0 Å². The molecule has 1 aromatic rings. The van der Waals surface area contributed by atoms with Crippen molar-refractivity contribution in [2.24, 2.45) is 7.05 Å². The van der Waals surface area contributed by atoms with Crippen molar-refractivity contribution in [3.63, 3.8) is 0 Å². The summed E-state index contributed by atoms with van der Waals surface area (Å²) in [6.45, 7) is 3.72. The van der Waals surface area contributed by atoms with Crippen molar-refractivity contribution >= 4 is 0 Å². The molecule has 1 atom stereocenters. The van der Waals surface area contributed by atoms with Gasteiger partial charge in [-0.05, 0) is 13.8 Å². The summed E-state index contributed by atoms with van der Waals surface area (Å²) in [6.07, 6.45) is -0.591. The highest BCUT2D eigenvalue weighted by atomic mass is 16.3. The smallest absolute Gasteiger partial charge is 0.0955 e. The van der Waals surface area contributed by atoms with Crippen molar-refractivity contribution in [1.29, 1.82) is 5.26 Å². The van der Waals surface area contributed by atoms with Crippen LogP contribution in [0.1, 0.15) is 29.5 Å². The Hall–Kier alpha value is -1.34. The van der Waals surface area contributed by atoms with Gasteiger partial charge in [0.2, 0.25) is 0 Å². The monoisotopic (exact) mass is 179 g/mol. The lowest BCUT2D eigenvalue weighted by atomic mass is 10.1. The van der Waals surface area contributed by atoms with E-state index in [1.807, 2.05) is 27.0 Å². The zero-order valence-corrected chi connectivity index (χ0v) is 8.07. The van der Waals surface area contributed by atoms with Crippen molar-refractivity contribution in [1.82, 2.24) is 9.78 Å². The third-order valence-electron chi connectivity index (χ3n) is 2.18. The van der Waals surface area contributed by atoms with Gasteiger partial charge < -0.3 is 5.11 Å². The van der Waals surface area contributed by atoms with E-state index < -0.39 is 6.10 Å². The number of aryl methyl sites for hydroxylation is 2. The SMILES string of the molecule is Cc1nn(C)c(C)c1C(O)CC#N. The Labute approximate surface area is 77.4 Å². The third kappa shape index (κ3) is 1.70. The number of nitriles is 1. The van der Waals surface area contributed by atoms with Gasteiger partial charge in [-0.15, -0.1) is 0 Å². The summed E-state index contributed by atoms with van der Waals surface area (Å²) in [7, 11) is 1.82. The zero-order chi connectivity index (χ0) is 10.0. The summed E-state index contributed by atoms with van der Waals surface area (Å²) in [5.74, 6) is 0. The topological polar surface area (TPSA) is 61.8 Å². The molecule has 0 bridgehead atoms. The van der Waals surface area contributed by atoms with Gasteiger partial charge in [0.05, 0.1) is 24.3 Å². The maximum atomic E-state index is 9.62. The number of aliphatic hydroxyl groups excluding tert-OH is 1. The molecule has 0 aliphatic rings. The normalized spacial score (nSPS) is 12.5. The van der Waals surface area contributed by atoms with E-state index in [2.05, 4.69) is 5.10 Å². The molecule has 0 fully saturated rings. The highest BCUT2D eigenvalue weighted by molar-refractivity contribution is 5.27. The largest absolute Gasteiger partial charge is 0.387 e. The van der Waals surface area contributed by atoms with E-state index in [9.17, 15) is 5.11 Å². The van der Waals surface area contributed by atoms with E-state index in [1.54, 1.807) is 4.68 Å². The zero-order valence-electron chi connectivity index (χ0n) is 8.07. The highest BCUT2D eigenvalue weighted by Gasteiger charge is 2.17. The molecule has 1 N–H and O–H groups in total. The number of hydrogen-bond acceptors (Lipinski definition) is 3. The predicted octanol–water partition coefficient (Wildman–Crippen LogP) is 0.984. The van der Waals surface area contributed by atoms with Crippen molar-refractivity contribution in [3.05, 3.63) is 17.0 Å². The summed E-state index contributed by atoms with van der Waals surface area (Å²) in [4.78, 5) is 0. The van der Waals surface area contributed by atoms with Gasteiger partial charge >= 0.3 is 0 Å². The molecule has 0 saturated carbocycles. The summed E-state index contributed by atoms with van der Waals surface area (Å²) in [6, 6.07) is 1.94. The first-order chi connectivity index (χ1) is 6.07. The molecule has 13 heavy (non-hydrogen) atoms. The quantitative estimate of drug-likeness (QED) is 0.736. The maximum absolute atomic E-state index is 9.62. The molecule has 70 valence electrons. The van der Waals surface area contributed by atoms with Gasteiger partial charge in [0.1, 0.15) is 0 Å². The highest BCUT2D eigenvalue weighted by Crippen LogP contribution is 2.22. The summed E-state index contributed by atoms with van der Waals surface area (Å²) >= 11 is 0. The van der Waals surface area contributed by atoms with Crippen molar-refractivity contribution in [3.8, 4) is 6.07 Å². The number of aromatic nitrogens is 2. The Bertz CT molecular complexity index is 348. The minimum Gasteiger partial charge on any atom is -0.387 e. The summed E-state index contributed by atoms with van der Waals surface area (Å²) in [5, 5.41) is 22.2. The number of rotatable bonds is 2. The molecule has 1 rings (SSSR count). The van der Waals surface area contributed by atoms with Gasteiger partial charge in [0, 0.05) is 18.3 Å². The Morgan fingerprint density at radius 3 is 2.62 bits per heavy atom. The summed E-state index contributed by atoms with van der Waals surface area (Å²) in [5.41, 5.74) is 2.49. The van der Waals surface area contributed by atoms with Gasteiger partial charge in [0.25, 0.3) is 0 Å². The fourth-order valence-corrected chi connectivity index (χ4v) is 1.46. The number of hydrogen-bond donors (Lipinski definition) is 1. The minimum atomic E-state index is -0.710. The minimum absolute atomic E-state index is 0.118. The molecule has 0 aliphatic heterocycles. The third-order valence-corrected chi connectivity index (χ3v) is 2.18. The fourth-order valence-electron chi connectivity index (χ4n) is 1.46. The lowest BCUT2D eigenvalue weighted by Gasteiger charge is -2.06. The van der Waals surface area contributed by atoms with Crippen LogP contribution in [-0.2, 0) is 7.05 Å². The van der Waals surface area contributed by atoms with Crippen molar-refractivity contribution in [2.45, 2.75) is 26.4 Å². The fraction of sp³-hybridized carbons (Fsp3) is 0.556. The molecule has 1 heterocycles. The van der Waals surface area contributed by atoms with Crippen LogP contribution < -0.4 is 0 Å². The molecule has 4 nitrogen and oxygen atoms in total. The van der Waals surface area contributed by atoms with Crippen LogP contribution in [0.3, 0.4) is 0 Å². The van der Waals surface area contributed by atoms with Gasteiger partial charge in [0.15, 0.2) is 0 Å². The van der Waals surface area contributed by atoms with Crippen molar-refractivity contribution in [2.75, 3.05) is 0 Å². The van der Waals surface area contributed by atoms with Crippen LogP contribution >= 0.6 is 0 Å². The molecular weight excluding hydrogens is 166 g/mol. The van der Waals surface area contributed by atoms with Crippen LogP contribution in [0.15, 0.2) is 0 Å². The van der Waals surface area contributed by atoms with Gasteiger partial charge in [-0.1, -0.05) is 0 Å². The molecule has 1 unspecified atom stereocenters. The van der Waals surface area contributed by atoms with Gasteiger partial charge in [-0.2, -0.15) is 10.4 Å². The van der Waals surface area contributed by atoms with Crippen LogP contribution in [-0.4, -0.2) is 14.9 Å². The van der Waals surface area contributed by atoms with Gasteiger partial charge in [-0.25, -0.2) is 0 Å². The first-order valence-electron chi connectivity index (χ1n) is 4.13. The molecule has 0 aliphatic carbocycles. The number of nitrogens with zero attached hydrogens (tertiary/aromatic N) is 3. The average Bonchev–Trinajstić information content (AvgIpc) is 2.27. The Morgan fingerprint density at radius 1 is 1.62 bits per heavy atom. The first-order valence-corrected chi connectivity index (χ1v) is 4.13. The lowest BCUT2D eigenvalue weighted by Crippen LogP contribution is -2.00. The molecule has 0 radical (unpaired) electrons. The van der Waals surface area contributed by atoms with E-state index in [4.69, 9.17) is 5.26 Å². The maximum Gasteiger partial charge on any atom is 0.0955 e. The first kappa shape index (κ1) is 9.75.